The smallest absolute Gasteiger partial charge is 0.0178 e. The highest BCUT2D eigenvalue weighted by Gasteiger charge is 2.12. The van der Waals surface area contributed by atoms with Gasteiger partial charge in [0, 0.05) is 18.8 Å². The van der Waals surface area contributed by atoms with Crippen LogP contribution in [0.3, 0.4) is 0 Å². The number of rotatable bonds is 7. The van der Waals surface area contributed by atoms with Gasteiger partial charge in [-0.2, -0.15) is 0 Å². The van der Waals surface area contributed by atoms with Gasteiger partial charge in [0.05, 0.1) is 0 Å². The topological polar surface area (TPSA) is 3.24 Å². The molecule has 2 aromatic carbocycles. The van der Waals surface area contributed by atoms with E-state index in [0.29, 0.717) is 0 Å². The second-order valence-electron chi connectivity index (χ2n) is 8.32. The average Bonchev–Trinajstić information content (AvgIpc) is 3.26. The second kappa shape index (κ2) is 18.8. The van der Waals surface area contributed by atoms with E-state index in [0.717, 1.165) is 12.0 Å². The van der Waals surface area contributed by atoms with Crippen LogP contribution in [0.4, 0.5) is 0 Å². The zero-order valence-corrected chi connectivity index (χ0v) is 23.5. The summed E-state index contributed by atoms with van der Waals surface area (Å²) in [5, 5.41) is 0. The van der Waals surface area contributed by atoms with E-state index >= 15 is 0 Å². The molecule has 1 fully saturated rings. The van der Waals surface area contributed by atoms with Gasteiger partial charge in [-0.1, -0.05) is 120 Å². The van der Waals surface area contributed by atoms with E-state index in [2.05, 4.69) is 100 Å². The van der Waals surface area contributed by atoms with Gasteiger partial charge < -0.3 is 4.90 Å². The molecular weight excluding hydrogens is 410 g/mol. The maximum Gasteiger partial charge on any atom is 0.0178 e. The van der Waals surface area contributed by atoms with Gasteiger partial charge in [0.15, 0.2) is 0 Å². The molecule has 0 unspecified atom stereocenters. The number of unbranched alkanes of at least 4 members (excludes halogenated alkanes) is 1. The Labute approximate surface area is 212 Å². The molecule has 1 heteroatoms. The van der Waals surface area contributed by atoms with Crippen LogP contribution >= 0.6 is 0 Å². The van der Waals surface area contributed by atoms with Crippen LogP contribution in [0.15, 0.2) is 79.0 Å². The SMILES string of the molecule is C=C(C)/C(=C/C)c1ccccc1Cc1cccc(C)c1.C=C1CCCN1CCCC.CC.CC. The lowest BCUT2D eigenvalue weighted by atomic mass is 9.91. The molecule has 188 valence electrons. The van der Waals surface area contributed by atoms with Crippen molar-refractivity contribution in [2.24, 2.45) is 0 Å². The normalized spacial score (nSPS) is 12.5. The van der Waals surface area contributed by atoms with Crippen LogP contribution in [0.25, 0.3) is 5.57 Å². The molecule has 0 saturated carbocycles. The molecule has 0 N–H and O–H groups in total. The molecule has 2 aromatic rings. The first-order valence-corrected chi connectivity index (χ1v) is 13.3. The summed E-state index contributed by atoms with van der Waals surface area (Å²) < 4.78 is 0. The number of nitrogens with zero attached hydrogens (tertiary/aromatic N) is 1. The van der Waals surface area contributed by atoms with Gasteiger partial charge in [-0.15, -0.1) is 0 Å². The molecule has 1 aliphatic heterocycles. The van der Waals surface area contributed by atoms with E-state index in [1.54, 1.807) is 0 Å². The summed E-state index contributed by atoms with van der Waals surface area (Å²) in [6.45, 7) is 27.1. The maximum atomic E-state index is 4.10. The van der Waals surface area contributed by atoms with Crippen molar-refractivity contribution in [2.45, 2.75) is 87.5 Å². The summed E-state index contributed by atoms with van der Waals surface area (Å²) in [5.41, 5.74) is 9.03. The molecule has 0 spiro atoms. The number of hydrogen-bond acceptors (Lipinski definition) is 1. The van der Waals surface area contributed by atoms with Crippen LogP contribution in [0.5, 0.6) is 0 Å². The number of aryl methyl sites for hydroxylation is 1. The molecule has 1 saturated heterocycles. The Morgan fingerprint density at radius 2 is 1.71 bits per heavy atom. The second-order valence-corrected chi connectivity index (χ2v) is 8.32. The lowest BCUT2D eigenvalue weighted by Crippen LogP contribution is -2.17. The fourth-order valence-corrected chi connectivity index (χ4v) is 4.02. The zero-order valence-electron chi connectivity index (χ0n) is 23.5. The minimum atomic E-state index is 0.961. The number of allylic oxidation sites excluding steroid dienone is 4. The highest BCUT2D eigenvalue weighted by Crippen LogP contribution is 2.26. The summed E-state index contributed by atoms with van der Waals surface area (Å²) in [7, 11) is 0. The molecular formula is C33H51N. The van der Waals surface area contributed by atoms with E-state index in [1.165, 1.54) is 72.3 Å². The Hall–Kier alpha value is -2.54. The van der Waals surface area contributed by atoms with Crippen molar-refractivity contribution in [1.29, 1.82) is 0 Å². The van der Waals surface area contributed by atoms with Gasteiger partial charge in [-0.3, -0.25) is 0 Å². The van der Waals surface area contributed by atoms with Crippen LogP contribution in [0.2, 0.25) is 0 Å². The first-order valence-electron chi connectivity index (χ1n) is 13.3. The van der Waals surface area contributed by atoms with E-state index < -0.39 is 0 Å². The van der Waals surface area contributed by atoms with Crippen molar-refractivity contribution in [3.8, 4) is 0 Å². The van der Waals surface area contributed by atoms with E-state index in [-0.39, 0.29) is 0 Å². The lowest BCUT2D eigenvalue weighted by molar-refractivity contribution is 0.384. The van der Waals surface area contributed by atoms with Gasteiger partial charge >= 0.3 is 0 Å². The summed E-state index contributed by atoms with van der Waals surface area (Å²) in [6.07, 6.45) is 8.27. The third-order valence-electron chi connectivity index (χ3n) is 5.66. The average molecular weight is 462 g/mol. The van der Waals surface area contributed by atoms with Gasteiger partial charge in [0.1, 0.15) is 0 Å². The predicted molar refractivity (Wildman–Crippen MR) is 156 cm³/mol. The van der Waals surface area contributed by atoms with Crippen LogP contribution < -0.4 is 0 Å². The van der Waals surface area contributed by atoms with Crippen molar-refractivity contribution in [1.82, 2.24) is 4.90 Å². The Morgan fingerprint density at radius 1 is 1.03 bits per heavy atom. The van der Waals surface area contributed by atoms with E-state index in [4.69, 9.17) is 0 Å². The van der Waals surface area contributed by atoms with Crippen LogP contribution in [-0.2, 0) is 6.42 Å². The maximum absolute atomic E-state index is 4.10. The molecule has 3 rings (SSSR count). The summed E-state index contributed by atoms with van der Waals surface area (Å²) in [6, 6.07) is 17.3. The summed E-state index contributed by atoms with van der Waals surface area (Å²) in [5.74, 6) is 0. The van der Waals surface area contributed by atoms with Gasteiger partial charge in [-0.25, -0.2) is 0 Å². The molecule has 1 nitrogen and oxygen atoms in total. The molecule has 0 atom stereocenters. The highest BCUT2D eigenvalue weighted by atomic mass is 15.1. The molecule has 0 radical (unpaired) electrons. The molecule has 34 heavy (non-hydrogen) atoms. The third kappa shape index (κ3) is 11.1. The number of likely N-dealkylation sites (tertiary alicyclic amines) is 1. The Balaban J connectivity index is 0.000000653. The number of hydrogen-bond donors (Lipinski definition) is 0. The van der Waals surface area contributed by atoms with Crippen LogP contribution in [0.1, 0.15) is 96.4 Å². The Bertz CT molecular complexity index is 872. The lowest BCUT2D eigenvalue weighted by Gasteiger charge is -2.17. The fourth-order valence-electron chi connectivity index (χ4n) is 4.02. The molecule has 0 aliphatic carbocycles. The number of benzene rings is 2. The molecule has 0 amide bonds. The first kappa shape index (κ1) is 31.5. The quantitative estimate of drug-likeness (QED) is 0.371. The molecule has 1 heterocycles. The van der Waals surface area contributed by atoms with Crippen molar-refractivity contribution >= 4 is 5.57 Å². The van der Waals surface area contributed by atoms with Crippen LogP contribution in [0, 0.1) is 6.92 Å². The standard InChI is InChI=1S/C20H22.C9H17N.2C2H6/c1-5-19(15(2)3)20-12-7-6-11-18(20)14-17-10-8-9-16(4)13-17;1-3-4-7-10-8-5-6-9(10)2;2*1-2/h5-13H,2,14H2,1,3-4H3;2-8H2,1H3;2*1-2H3/b19-5-;;;. The van der Waals surface area contributed by atoms with Gasteiger partial charge in [0.2, 0.25) is 0 Å². The summed E-state index contributed by atoms with van der Waals surface area (Å²) in [4.78, 5) is 2.42. The van der Waals surface area contributed by atoms with Gasteiger partial charge in [0.25, 0.3) is 0 Å². The summed E-state index contributed by atoms with van der Waals surface area (Å²) >= 11 is 0. The Morgan fingerprint density at radius 3 is 2.24 bits per heavy atom. The van der Waals surface area contributed by atoms with E-state index in [9.17, 15) is 0 Å². The zero-order chi connectivity index (χ0) is 25.9. The van der Waals surface area contributed by atoms with Crippen molar-refractivity contribution in [2.75, 3.05) is 13.1 Å². The molecule has 1 aliphatic rings. The van der Waals surface area contributed by atoms with Crippen LogP contribution in [-0.4, -0.2) is 18.0 Å². The first-order chi connectivity index (χ1) is 16.5. The molecule has 0 aromatic heterocycles. The molecule has 0 bridgehead atoms. The van der Waals surface area contributed by atoms with Crippen molar-refractivity contribution in [3.63, 3.8) is 0 Å². The van der Waals surface area contributed by atoms with Crippen molar-refractivity contribution in [3.05, 3.63) is 101 Å². The van der Waals surface area contributed by atoms with Crippen molar-refractivity contribution < 1.29 is 0 Å². The van der Waals surface area contributed by atoms with Gasteiger partial charge in [-0.05, 0) is 68.7 Å². The fraction of sp³-hybridized carbons (Fsp3) is 0.455. The predicted octanol–water partition coefficient (Wildman–Crippen LogP) is 10.0. The Kier molecular flexibility index (Phi) is 17.4. The minimum absolute atomic E-state index is 0.961. The monoisotopic (exact) mass is 461 g/mol. The largest absolute Gasteiger partial charge is 0.375 e. The highest BCUT2D eigenvalue weighted by molar-refractivity contribution is 5.79. The van der Waals surface area contributed by atoms with E-state index in [1.807, 2.05) is 27.7 Å². The third-order valence-corrected chi connectivity index (χ3v) is 5.66. The minimum Gasteiger partial charge on any atom is -0.375 e.